The second kappa shape index (κ2) is 4.44. The quantitative estimate of drug-likeness (QED) is 0.800. The van der Waals surface area contributed by atoms with Crippen molar-refractivity contribution in [2.24, 2.45) is 0 Å². The topological polar surface area (TPSA) is 64.4 Å². The van der Waals surface area contributed by atoms with E-state index >= 15 is 0 Å². The lowest BCUT2D eigenvalue weighted by molar-refractivity contribution is -0.130. The number of hydrogen-bond acceptors (Lipinski definition) is 4. The summed E-state index contributed by atoms with van der Waals surface area (Å²) in [7, 11) is 0. The van der Waals surface area contributed by atoms with Crippen molar-refractivity contribution in [3.8, 4) is 0 Å². The molecule has 1 aliphatic heterocycles. The molecule has 1 N–H and O–H groups in total. The molecule has 1 aromatic rings. The molecule has 1 atom stereocenters. The maximum absolute atomic E-state index is 11.5. The Morgan fingerprint density at radius 3 is 3.20 bits per heavy atom. The number of nitrogens with zero attached hydrogens (tertiary/aromatic N) is 1. The predicted molar refractivity (Wildman–Crippen MR) is 52.1 cm³/mol. The number of aryl methyl sites for hydroxylation is 1. The van der Waals surface area contributed by atoms with E-state index in [0.717, 1.165) is 18.6 Å². The van der Waals surface area contributed by atoms with E-state index in [4.69, 9.17) is 9.15 Å². The molecule has 5 nitrogen and oxygen atoms in total. The molecular formula is C10H14N2O3. The first kappa shape index (κ1) is 10.2. The van der Waals surface area contributed by atoms with Gasteiger partial charge in [-0.1, -0.05) is 0 Å². The number of carbonyl (C=O) groups excluding carboxylic acids is 1. The fourth-order valence-electron chi connectivity index (χ4n) is 1.54. The van der Waals surface area contributed by atoms with Gasteiger partial charge in [0.15, 0.2) is 0 Å². The molecule has 5 heteroatoms. The molecule has 0 aliphatic carbocycles. The molecule has 15 heavy (non-hydrogen) atoms. The number of carbonyl (C=O) groups is 1. The summed E-state index contributed by atoms with van der Waals surface area (Å²) in [4.78, 5) is 15.5. The van der Waals surface area contributed by atoms with Crippen molar-refractivity contribution in [2.75, 3.05) is 6.61 Å². The van der Waals surface area contributed by atoms with Crippen molar-refractivity contribution in [3.63, 3.8) is 0 Å². The van der Waals surface area contributed by atoms with Crippen LogP contribution in [0.5, 0.6) is 0 Å². The van der Waals surface area contributed by atoms with Gasteiger partial charge in [-0.25, -0.2) is 4.98 Å². The lowest BCUT2D eigenvalue weighted by Gasteiger charge is -2.08. The second-order valence-electron chi connectivity index (χ2n) is 3.58. The lowest BCUT2D eigenvalue weighted by Crippen LogP contribution is -2.33. The first-order valence-corrected chi connectivity index (χ1v) is 5.06. The number of rotatable bonds is 3. The van der Waals surface area contributed by atoms with Crippen LogP contribution >= 0.6 is 0 Å². The molecule has 1 saturated heterocycles. The predicted octanol–water partition coefficient (Wildman–Crippen LogP) is 0.778. The number of aromatic nitrogens is 1. The van der Waals surface area contributed by atoms with E-state index in [-0.39, 0.29) is 12.0 Å². The Hall–Kier alpha value is -1.36. The Morgan fingerprint density at radius 1 is 1.73 bits per heavy atom. The SMILES string of the molecule is Cc1cnc(CNC(=O)C2CCCO2)o1. The van der Waals surface area contributed by atoms with Gasteiger partial charge in [-0.3, -0.25) is 4.79 Å². The van der Waals surface area contributed by atoms with Gasteiger partial charge in [0.05, 0.1) is 12.7 Å². The minimum atomic E-state index is -0.291. The third-order valence-corrected chi connectivity index (χ3v) is 2.31. The third-order valence-electron chi connectivity index (χ3n) is 2.31. The standard InChI is InChI=1S/C10H14N2O3/c1-7-5-11-9(15-7)6-12-10(13)8-3-2-4-14-8/h5,8H,2-4,6H2,1H3,(H,12,13). The molecule has 1 unspecified atom stereocenters. The summed E-state index contributed by atoms with van der Waals surface area (Å²) in [5, 5.41) is 2.73. The average Bonchev–Trinajstić information content (AvgIpc) is 2.84. The minimum absolute atomic E-state index is 0.0802. The smallest absolute Gasteiger partial charge is 0.249 e. The van der Waals surface area contributed by atoms with E-state index in [1.807, 2.05) is 6.92 Å². The highest BCUT2D eigenvalue weighted by Crippen LogP contribution is 2.12. The van der Waals surface area contributed by atoms with Crippen LogP contribution in [0.3, 0.4) is 0 Å². The zero-order valence-corrected chi connectivity index (χ0v) is 8.66. The number of oxazole rings is 1. The fraction of sp³-hybridized carbons (Fsp3) is 0.600. The van der Waals surface area contributed by atoms with Crippen molar-refractivity contribution in [2.45, 2.75) is 32.4 Å². The third kappa shape index (κ3) is 2.56. The molecule has 0 saturated carbocycles. The highest BCUT2D eigenvalue weighted by molar-refractivity contribution is 5.80. The highest BCUT2D eigenvalue weighted by Gasteiger charge is 2.23. The first-order valence-electron chi connectivity index (χ1n) is 5.06. The van der Waals surface area contributed by atoms with Gasteiger partial charge in [0, 0.05) is 6.61 Å². The van der Waals surface area contributed by atoms with Crippen molar-refractivity contribution in [1.29, 1.82) is 0 Å². The maximum Gasteiger partial charge on any atom is 0.249 e. The van der Waals surface area contributed by atoms with Gasteiger partial charge in [-0.2, -0.15) is 0 Å². The zero-order chi connectivity index (χ0) is 10.7. The lowest BCUT2D eigenvalue weighted by atomic mass is 10.2. The van der Waals surface area contributed by atoms with Crippen LogP contribution in [0.2, 0.25) is 0 Å². The number of hydrogen-bond donors (Lipinski definition) is 1. The van der Waals surface area contributed by atoms with Crippen LogP contribution in [0.15, 0.2) is 10.6 Å². The summed E-state index contributed by atoms with van der Waals surface area (Å²) in [6.07, 6.45) is 3.10. The molecule has 0 spiro atoms. The molecule has 1 aliphatic rings. The van der Waals surface area contributed by atoms with Crippen molar-refractivity contribution < 1.29 is 13.9 Å². The van der Waals surface area contributed by atoms with Gasteiger partial charge in [-0.05, 0) is 19.8 Å². The number of ether oxygens (including phenoxy) is 1. The Balaban J connectivity index is 1.80. The summed E-state index contributed by atoms with van der Waals surface area (Å²) < 4.78 is 10.5. The molecular weight excluding hydrogens is 196 g/mol. The number of nitrogens with one attached hydrogen (secondary N) is 1. The second-order valence-corrected chi connectivity index (χ2v) is 3.58. The highest BCUT2D eigenvalue weighted by atomic mass is 16.5. The summed E-state index contributed by atoms with van der Waals surface area (Å²) in [6, 6.07) is 0. The monoisotopic (exact) mass is 210 g/mol. The molecule has 0 radical (unpaired) electrons. The van der Waals surface area contributed by atoms with Gasteiger partial charge >= 0.3 is 0 Å². The van der Waals surface area contributed by atoms with Crippen LogP contribution in [0.4, 0.5) is 0 Å². The van der Waals surface area contributed by atoms with Crippen LogP contribution in [-0.4, -0.2) is 23.6 Å². The molecule has 2 rings (SSSR count). The van der Waals surface area contributed by atoms with E-state index in [9.17, 15) is 4.79 Å². The molecule has 0 aromatic carbocycles. The summed E-state index contributed by atoms with van der Waals surface area (Å²) in [6.45, 7) is 2.82. The van der Waals surface area contributed by atoms with Gasteiger partial charge in [0.1, 0.15) is 11.9 Å². The Bertz CT molecular complexity index is 342. The molecule has 2 heterocycles. The molecule has 1 amide bonds. The Labute approximate surface area is 87.8 Å². The normalized spacial score (nSPS) is 20.5. The molecule has 0 bridgehead atoms. The van der Waals surface area contributed by atoms with Crippen molar-refractivity contribution in [3.05, 3.63) is 17.8 Å². The largest absolute Gasteiger partial charge is 0.444 e. The van der Waals surface area contributed by atoms with Crippen molar-refractivity contribution in [1.82, 2.24) is 10.3 Å². The van der Waals surface area contributed by atoms with Gasteiger partial charge < -0.3 is 14.5 Å². The van der Waals surface area contributed by atoms with Gasteiger partial charge in [0.25, 0.3) is 0 Å². The molecule has 1 aromatic heterocycles. The van der Waals surface area contributed by atoms with E-state index in [1.165, 1.54) is 0 Å². The Kier molecular flexibility index (Phi) is 3.01. The van der Waals surface area contributed by atoms with Gasteiger partial charge in [0.2, 0.25) is 11.8 Å². The van der Waals surface area contributed by atoms with E-state index in [2.05, 4.69) is 10.3 Å². The van der Waals surface area contributed by atoms with Gasteiger partial charge in [-0.15, -0.1) is 0 Å². The van der Waals surface area contributed by atoms with E-state index < -0.39 is 0 Å². The molecule has 1 fully saturated rings. The van der Waals surface area contributed by atoms with E-state index in [1.54, 1.807) is 6.20 Å². The van der Waals surface area contributed by atoms with Crippen molar-refractivity contribution >= 4 is 5.91 Å². The number of amides is 1. The first-order chi connectivity index (χ1) is 7.25. The van der Waals surface area contributed by atoms with Crippen LogP contribution in [0.1, 0.15) is 24.5 Å². The minimum Gasteiger partial charge on any atom is -0.444 e. The van der Waals surface area contributed by atoms with E-state index in [0.29, 0.717) is 19.0 Å². The fourth-order valence-corrected chi connectivity index (χ4v) is 1.54. The van der Waals surface area contributed by atoms with Crippen LogP contribution < -0.4 is 5.32 Å². The summed E-state index contributed by atoms with van der Waals surface area (Å²) >= 11 is 0. The van der Waals surface area contributed by atoms with Crippen LogP contribution in [0, 0.1) is 6.92 Å². The molecule has 82 valence electrons. The summed E-state index contributed by atoms with van der Waals surface area (Å²) in [5.41, 5.74) is 0. The van der Waals surface area contributed by atoms with Crippen LogP contribution in [-0.2, 0) is 16.1 Å². The zero-order valence-electron chi connectivity index (χ0n) is 8.66. The Morgan fingerprint density at radius 2 is 2.60 bits per heavy atom. The summed E-state index contributed by atoms with van der Waals surface area (Å²) in [5.74, 6) is 1.19. The van der Waals surface area contributed by atoms with Crippen LogP contribution in [0.25, 0.3) is 0 Å². The average molecular weight is 210 g/mol. The maximum atomic E-state index is 11.5.